The molecule has 0 aliphatic carbocycles. The van der Waals surface area contributed by atoms with E-state index in [0.717, 1.165) is 18.2 Å². The van der Waals surface area contributed by atoms with Crippen LogP contribution in [0.3, 0.4) is 0 Å². The van der Waals surface area contributed by atoms with Crippen LogP contribution < -0.4 is 10.3 Å². The van der Waals surface area contributed by atoms with E-state index in [1.807, 2.05) is 0 Å². The first-order chi connectivity index (χ1) is 14.2. The van der Waals surface area contributed by atoms with Crippen molar-refractivity contribution in [2.45, 2.75) is 12.7 Å². The number of benzene rings is 2. The van der Waals surface area contributed by atoms with Gasteiger partial charge in [0.25, 0.3) is 5.56 Å². The Labute approximate surface area is 172 Å². The highest BCUT2D eigenvalue weighted by Gasteiger charge is 2.36. The lowest BCUT2D eigenvalue weighted by molar-refractivity contribution is -0.137. The van der Waals surface area contributed by atoms with Gasteiger partial charge >= 0.3 is 6.18 Å². The van der Waals surface area contributed by atoms with Gasteiger partial charge in [0.2, 0.25) is 0 Å². The molecule has 10 heteroatoms. The fourth-order valence-corrected chi connectivity index (χ4v) is 3.60. The molecule has 0 radical (unpaired) electrons. The molecule has 0 bridgehead atoms. The van der Waals surface area contributed by atoms with Crippen molar-refractivity contribution in [3.8, 4) is 11.4 Å². The molecule has 0 unspecified atom stereocenters. The highest BCUT2D eigenvalue weighted by atomic mass is 35.5. The number of halogens is 5. The Bertz CT molecular complexity index is 1250. The van der Waals surface area contributed by atoms with Crippen LogP contribution in [0.5, 0.6) is 5.75 Å². The minimum atomic E-state index is -4.74. The lowest BCUT2D eigenvalue weighted by Crippen LogP contribution is -2.17. The van der Waals surface area contributed by atoms with Gasteiger partial charge in [0.05, 0.1) is 35.6 Å². The average molecular weight is 438 g/mol. The average Bonchev–Trinajstić information content (AvgIpc) is 2.85. The summed E-state index contributed by atoms with van der Waals surface area (Å²) < 4.78 is 61.8. The van der Waals surface area contributed by atoms with Crippen LogP contribution in [0.4, 0.5) is 17.6 Å². The third-order valence-electron chi connectivity index (χ3n) is 4.61. The largest absolute Gasteiger partial charge is 0.497 e. The van der Waals surface area contributed by atoms with E-state index in [1.165, 1.54) is 36.1 Å². The smallest absolute Gasteiger partial charge is 0.417 e. The van der Waals surface area contributed by atoms with Crippen LogP contribution in [0.1, 0.15) is 22.5 Å². The van der Waals surface area contributed by atoms with Crippen LogP contribution in [-0.4, -0.2) is 22.4 Å². The molecule has 0 fully saturated rings. The van der Waals surface area contributed by atoms with Gasteiger partial charge in [-0.05, 0) is 30.3 Å². The second-order valence-electron chi connectivity index (χ2n) is 6.38. The molecule has 0 atom stereocenters. The van der Waals surface area contributed by atoms with Crippen LogP contribution in [0.15, 0.2) is 52.4 Å². The Morgan fingerprint density at radius 1 is 1.17 bits per heavy atom. The monoisotopic (exact) mass is 437 g/mol. The number of hydrogen-bond donors (Lipinski definition) is 0. The molecule has 1 aliphatic rings. The predicted octanol–water partition coefficient (Wildman–Crippen LogP) is 4.40. The van der Waals surface area contributed by atoms with Crippen molar-refractivity contribution >= 4 is 17.3 Å². The zero-order valence-electron chi connectivity index (χ0n) is 15.3. The summed E-state index contributed by atoms with van der Waals surface area (Å²) in [6.45, 7) is -0.172. The maximum Gasteiger partial charge on any atom is 0.417 e. The Morgan fingerprint density at radius 3 is 2.63 bits per heavy atom. The van der Waals surface area contributed by atoms with E-state index in [2.05, 4.69) is 9.98 Å². The maximum atomic E-state index is 14.7. The maximum absolute atomic E-state index is 14.7. The molecule has 0 N–H and O–H groups in total. The van der Waals surface area contributed by atoms with Gasteiger partial charge in [-0.3, -0.25) is 9.79 Å². The molecule has 2 heterocycles. The molecule has 0 spiro atoms. The lowest BCUT2D eigenvalue weighted by Gasteiger charge is -2.19. The summed E-state index contributed by atoms with van der Waals surface area (Å²) in [6, 6.07) is 7.00. The molecule has 0 saturated carbocycles. The molecule has 0 saturated heterocycles. The van der Waals surface area contributed by atoms with Gasteiger partial charge in [0, 0.05) is 23.4 Å². The Balaban J connectivity index is 2.09. The minimum Gasteiger partial charge on any atom is -0.497 e. The van der Waals surface area contributed by atoms with Gasteiger partial charge in [-0.1, -0.05) is 11.6 Å². The number of aliphatic imine (C=N–C) groups is 1. The van der Waals surface area contributed by atoms with E-state index >= 15 is 0 Å². The van der Waals surface area contributed by atoms with Crippen molar-refractivity contribution in [3.63, 3.8) is 0 Å². The molecule has 2 aromatic carbocycles. The van der Waals surface area contributed by atoms with E-state index in [1.54, 1.807) is 0 Å². The normalized spacial score (nSPS) is 13.2. The molecule has 1 aromatic heterocycles. The topological polar surface area (TPSA) is 56.5 Å². The summed E-state index contributed by atoms with van der Waals surface area (Å²) in [5, 5.41) is -0.632. The number of aromatic nitrogens is 2. The second kappa shape index (κ2) is 7.24. The predicted molar refractivity (Wildman–Crippen MR) is 102 cm³/mol. The van der Waals surface area contributed by atoms with Crippen molar-refractivity contribution < 1.29 is 22.3 Å². The van der Waals surface area contributed by atoms with Crippen LogP contribution in [0, 0.1) is 5.82 Å². The SMILES string of the molecule is COc1ccc(F)c(C2=NCc3nc(=O)ccn3-c3ccc(C(F)(F)F)c(Cl)c32)c1. The quantitative estimate of drug-likeness (QED) is 0.558. The van der Waals surface area contributed by atoms with Crippen molar-refractivity contribution in [2.24, 2.45) is 4.99 Å². The zero-order valence-corrected chi connectivity index (χ0v) is 16.1. The fourth-order valence-electron chi connectivity index (χ4n) is 3.25. The summed E-state index contributed by atoms with van der Waals surface area (Å²) >= 11 is 6.20. The lowest BCUT2D eigenvalue weighted by atomic mass is 9.97. The standard InChI is InChI=1S/C20H12ClF4N3O2/c1-30-10-2-4-13(22)11(8-10)19-17-14(5-3-12(18(17)21)20(23,24)25)28-7-6-16(29)27-15(28)9-26-19/h2-8H,9H2,1H3. The van der Waals surface area contributed by atoms with Gasteiger partial charge in [-0.15, -0.1) is 0 Å². The molecular weight excluding hydrogens is 426 g/mol. The Hall–Kier alpha value is -3.20. The van der Waals surface area contributed by atoms with Gasteiger partial charge < -0.3 is 9.30 Å². The van der Waals surface area contributed by atoms with Gasteiger partial charge in [0.1, 0.15) is 17.4 Å². The van der Waals surface area contributed by atoms with Crippen molar-refractivity contribution in [3.05, 3.63) is 86.3 Å². The van der Waals surface area contributed by atoms with Crippen LogP contribution >= 0.6 is 11.6 Å². The molecular formula is C20H12ClF4N3O2. The van der Waals surface area contributed by atoms with E-state index in [-0.39, 0.29) is 40.6 Å². The van der Waals surface area contributed by atoms with Crippen LogP contribution in [0.25, 0.3) is 5.69 Å². The first kappa shape index (κ1) is 20.1. The molecule has 5 nitrogen and oxygen atoms in total. The summed E-state index contributed by atoms with van der Waals surface area (Å²) in [7, 11) is 1.38. The zero-order chi connectivity index (χ0) is 21.6. The van der Waals surface area contributed by atoms with E-state index in [0.29, 0.717) is 0 Å². The third-order valence-corrected chi connectivity index (χ3v) is 5.01. The second-order valence-corrected chi connectivity index (χ2v) is 6.76. The summed E-state index contributed by atoms with van der Waals surface area (Å²) in [5.74, 6) is -0.256. The van der Waals surface area contributed by atoms with Crippen molar-refractivity contribution in [1.82, 2.24) is 9.55 Å². The number of nitrogens with zero attached hydrogens (tertiary/aromatic N) is 3. The van der Waals surface area contributed by atoms with E-state index in [9.17, 15) is 22.4 Å². The molecule has 30 heavy (non-hydrogen) atoms. The fraction of sp³-hybridized carbons (Fsp3) is 0.150. The Kier molecular flexibility index (Phi) is 4.85. The number of hydrogen-bond acceptors (Lipinski definition) is 4. The molecule has 3 aromatic rings. The highest BCUT2D eigenvalue weighted by molar-refractivity contribution is 6.37. The highest BCUT2D eigenvalue weighted by Crippen LogP contribution is 2.40. The first-order valence-electron chi connectivity index (χ1n) is 8.58. The van der Waals surface area contributed by atoms with Gasteiger partial charge in [-0.25, -0.2) is 4.39 Å². The van der Waals surface area contributed by atoms with Crippen LogP contribution in [0.2, 0.25) is 5.02 Å². The van der Waals surface area contributed by atoms with Gasteiger partial charge in [-0.2, -0.15) is 18.2 Å². The first-order valence-corrected chi connectivity index (χ1v) is 8.96. The van der Waals surface area contributed by atoms with E-state index in [4.69, 9.17) is 16.3 Å². The van der Waals surface area contributed by atoms with Gasteiger partial charge in [0.15, 0.2) is 0 Å². The van der Waals surface area contributed by atoms with Crippen molar-refractivity contribution in [1.29, 1.82) is 0 Å². The van der Waals surface area contributed by atoms with Crippen LogP contribution in [-0.2, 0) is 12.7 Å². The Morgan fingerprint density at radius 2 is 1.93 bits per heavy atom. The number of fused-ring (bicyclic) bond motifs is 3. The van der Waals surface area contributed by atoms with Crippen molar-refractivity contribution in [2.75, 3.05) is 7.11 Å². The number of rotatable bonds is 2. The molecule has 0 amide bonds. The summed E-state index contributed by atoms with van der Waals surface area (Å²) in [4.78, 5) is 19.8. The molecule has 154 valence electrons. The number of alkyl halides is 3. The summed E-state index contributed by atoms with van der Waals surface area (Å²) in [5.41, 5.74) is -1.75. The minimum absolute atomic E-state index is 0.0902. The van der Waals surface area contributed by atoms with E-state index < -0.39 is 28.1 Å². The third kappa shape index (κ3) is 3.35. The number of ether oxygens (including phenoxy) is 1. The molecule has 1 aliphatic heterocycles. The summed E-state index contributed by atoms with van der Waals surface area (Å²) in [6.07, 6.45) is -3.37. The number of methoxy groups -OCH3 is 1. The molecule has 4 rings (SSSR count).